The zero-order valence-corrected chi connectivity index (χ0v) is 13.6. The minimum atomic E-state index is -0.851. The molecule has 0 aliphatic heterocycles. The van der Waals surface area contributed by atoms with Crippen LogP contribution in [0.25, 0.3) is 0 Å². The summed E-state index contributed by atoms with van der Waals surface area (Å²) in [5, 5.41) is 9.54. The van der Waals surface area contributed by atoms with Crippen molar-refractivity contribution in [3.05, 3.63) is 33.8 Å². The number of carboxylic acid groups (broad SMARTS) is 1. The molecule has 0 spiro atoms. The summed E-state index contributed by atoms with van der Waals surface area (Å²) in [5.74, 6) is -0.899. The van der Waals surface area contributed by atoms with Gasteiger partial charge in [-0.15, -0.1) is 0 Å². The molecule has 0 atom stereocenters. The third-order valence-corrected chi connectivity index (χ3v) is 3.81. The summed E-state index contributed by atoms with van der Waals surface area (Å²) in [6, 6.07) is 5.13. The third-order valence-electron chi connectivity index (χ3n) is 3.07. The van der Waals surface area contributed by atoms with Crippen molar-refractivity contribution in [2.75, 3.05) is 6.54 Å². The standard InChI is InChI=1S/C15H19Cl2NO3/c1-10(2)18(7-3-4-15(20)21)14(19)9-11-5-6-12(16)13(17)8-11/h5-6,8,10H,3-4,7,9H2,1-2H3,(H,20,21). The van der Waals surface area contributed by atoms with Gasteiger partial charge >= 0.3 is 5.97 Å². The molecule has 21 heavy (non-hydrogen) atoms. The average Bonchev–Trinajstić information content (AvgIpc) is 2.38. The number of halogens is 2. The highest BCUT2D eigenvalue weighted by molar-refractivity contribution is 6.42. The maximum Gasteiger partial charge on any atom is 0.303 e. The van der Waals surface area contributed by atoms with Crippen LogP contribution in [0.1, 0.15) is 32.3 Å². The molecular formula is C15H19Cl2NO3. The predicted octanol–water partition coefficient (Wildman–Crippen LogP) is 3.64. The highest BCUT2D eigenvalue weighted by atomic mass is 35.5. The fraction of sp³-hybridized carbons (Fsp3) is 0.467. The van der Waals surface area contributed by atoms with E-state index in [1.807, 2.05) is 13.8 Å². The van der Waals surface area contributed by atoms with E-state index in [0.29, 0.717) is 23.0 Å². The fourth-order valence-electron chi connectivity index (χ4n) is 2.00. The lowest BCUT2D eigenvalue weighted by atomic mass is 10.1. The molecule has 1 amide bonds. The van der Waals surface area contributed by atoms with Gasteiger partial charge in [0.1, 0.15) is 0 Å². The Labute approximate surface area is 134 Å². The van der Waals surface area contributed by atoms with Gasteiger partial charge in [-0.3, -0.25) is 9.59 Å². The molecule has 1 aromatic carbocycles. The molecule has 1 aromatic rings. The van der Waals surface area contributed by atoms with Gasteiger partial charge in [0.15, 0.2) is 0 Å². The lowest BCUT2D eigenvalue weighted by Gasteiger charge is -2.26. The normalized spacial score (nSPS) is 10.7. The fourth-order valence-corrected chi connectivity index (χ4v) is 2.32. The highest BCUT2D eigenvalue weighted by Gasteiger charge is 2.17. The first-order valence-corrected chi connectivity index (χ1v) is 7.52. The molecule has 0 unspecified atom stereocenters. The number of benzene rings is 1. The Hall–Kier alpha value is -1.26. The zero-order valence-electron chi connectivity index (χ0n) is 12.1. The number of hydrogen-bond acceptors (Lipinski definition) is 2. The second-order valence-electron chi connectivity index (χ2n) is 5.10. The van der Waals surface area contributed by atoms with Crippen LogP contribution in [-0.4, -0.2) is 34.5 Å². The van der Waals surface area contributed by atoms with Crippen LogP contribution in [0.15, 0.2) is 18.2 Å². The number of aliphatic carboxylic acids is 1. The van der Waals surface area contributed by atoms with Crippen molar-refractivity contribution in [2.45, 2.75) is 39.2 Å². The molecule has 0 heterocycles. The Morgan fingerprint density at radius 2 is 1.90 bits per heavy atom. The topological polar surface area (TPSA) is 57.6 Å². The Morgan fingerprint density at radius 3 is 2.43 bits per heavy atom. The van der Waals surface area contributed by atoms with E-state index in [1.54, 1.807) is 23.1 Å². The van der Waals surface area contributed by atoms with Gasteiger partial charge in [-0.2, -0.15) is 0 Å². The Bertz CT molecular complexity index is 518. The van der Waals surface area contributed by atoms with Gasteiger partial charge in [0, 0.05) is 19.0 Å². The number of hydrogen-bond donors (Lipinski definition) is 1. The second-order valence-corrected chi connectivity index (χ2v) is 5.92. The third kappa shape index (κ3) is 5.94. The van der Waals surface area contributed by atoms with Crippen molar-refractivity contribution in [1.29, 1.82) is 0 Å². The lowest BCUT2D eigenvalue weighted by molar-refractivity contribution is -0.138. The van der Waals surface area contributed by atoms with E-state index in [1.165, 1.54) is 0 Å². The molecule has 0 aliphatic rings. The number of amides is 1. The van der Waals surface area contributed by atoms with Gasteiger partial charge in [0.05, 0.1) is 16.5 Å². The van der Waals surface area contributed by atoms with E-state index >= 15 is 0 Å². The second kappa shape index (κ2) is 8.25. The van der Waals surface area contributed by atoms with E-state index in [-0.39, 0.29) is 24.8 Å². The monoisotopic (exact) mass is 331 g/mol. The largest absolute Gasteiger partial charge is 0.481 e. The lowest BCUT2D eigenvalue weighted by Crippen LogP contribution is -2.38. The molecule has 0 radical (unpaired) electrons. The maximum absolute atomic E-state index is 12.3. The van der Waals surface area contributed by atoms with Crippen LogP contribution in [-0.2, 0) is 16.0 Å². The quantitative estimate of drug-likeness (QED) is 0.829. The average molecular weight is 332 g/mol. The van der Waals surface area contributed by atoms with Crippen LogP contribution >= 0.6 is 23.2 Å². The van der Waals surface area contributed by atoms with E-state index in [0.717, 1.165) is 5.56 Å². The minimum Gasteiger partial charge on any atom is -0.481 e. The van der Waals surface area contributed by atoms with Crippen molar-refractivity contribution in [1.82, 2.24) is 4.90 Å². The minimum absolute atomic E-state index is 0.0223. The summed E-state index contributed by atoms with van der Waals surface area (Å²) in [4.78, 5) is 24.6. The molecule has 4 nitrogen and oxygen atoms in total. The molecule has 0 fully saturated rings. The molecule has 0 aliphatic carbocycles. The summed E-state index contributed by atoms with van der Waals surface area (Å²) in [6.45, 7) is 4.26. The van der Waals surface area contributed by atoms with E-state index in [4.69, 9.17) is 28.3 Å². The van der Waals surface area contributed by atoms with Crippen LogP contribution < -0.4 is 0 Å². The van der Waals surface area contributed by atoms with Crippen molar-refractivity contribution in [3.63, 3.8) is 0 Å². The van der Waals surface area contributed by atoms with Gasteiger partial charge in [-0.25, -0.2) is 0 Å². The molecule has 0 saturated heterocycles. The predicted molar refractivity (Wildman–Crippen MR) is 83.9 cm³/mol. The summed E-state index contributed by atoms with van der Waals surface area (Å²) >= 11 is 11.8. The van der Waals surface area contributed by atoms with Crippen LogP contribution in [0.3, 0.4) is 0 Å². The number of carbonyl (C=O) groups excluding carboxylic acids is 1. The Morgan fingerprint density at radius 1 is 1.24 bits per heavy atom. The Balaban J connectivity index is 2.67. The molecule has 116 valence electrons. The van der Waals surface area contributed by atoms with Gasteiger partial charge < -0.3 is 10.0 Å². The summed E-state index contributed by atoms with van der Waals surface area (Å²) in [5.41, 5.74) is 0.790. The molecule has 0 aromatic heterocycles. The van der Waals surface area contributed by atoms with E-state index < -0.39 is 5.97 Å². The van der Waals surface area contributed by atoms with Crippen molar-refractivity contribution >= 4 is 35.1 Å². The Kier molecular flexibility index (Phi) is 6.99. The van der Waals surface area contributed by atoms with E-state index in [9.17, 15) is 9.59 Å². The van der Waals surface area contributed by atoms with Crippen molar-refractivity contribution in [3.8, 4) is 0 Å². The number of rotatable bonds is 7. The number of carbonyl (C=O) groups is 2. The van der Waals surface area contributed by atoms with Gasteiger partial charge in [-0.05, 0) is 38.0 Å². The van der Waals surface area contributed by atoms with Crippen LogP contribution in [0.4, 0.5) is 0 Å². The summed E-state index contributed by atoms with van der Waals surface area (Å²) < 4.78 is 0. The maximum atomic E-state index is 12.3. The molecule has 0 bridgehead atoms. The molecule has 1 N–H and O–H groups in total. The van der Waals surface area contributed by atoms with Crippen molar-refractivity contribution < 1.29 is 14.7 Å². The first kappa shape index (κ1) is 17.8. The number of carboxylic acids is 1. The molecule has 0 saturated carbocycles. The van der Waals surface area contributed by atoms with Gasteiger partial charge in [-0.1, -0.05) is 29.3 Å². The molecular weight excluding hydrogens is 313 g/mol. The summed E-state index contributed by atoms with van der Waals surface area (Å²) in [7, 11) is 0. The van der Waals surface area contributed by atoms with Crippen LogP contribution in [0, 0.1) is 0 Å². The first-order valence-electron chi connectivity index (χ1n) is 6.76. The summed E-state index contributed by atoms with van der Waals surface area (Å²) in [6.07, 6.45) is 0.728. The van der Waals surface area contributed by atoms with E-state index in [2.05, 4.69) is 0 Å². The SMILES string of the molecule is CC(C)N(CCCC(=O)O)C(=O)Cc1ccc(Cl)c(Cl)c1. The highest BCUT2D eigenvalue weighted by Crippen LogP contribution is 2.23. The first-order chi connectivity index (χ1) is 9.81. The van der Waals surface area contributed by atoms with Crippen LogP contribution in [0.5, 0.6) is 0 Å². The molecule has 6 heteroatoms. The smallest absolute Gasteiger partial charge is 0.303 e. The van der Waals surface area contributed by atoms with Crippen LogP contribution in [0.2, 0.25) is 10.0 Å². The zero-order chi connectivity index (χ0) is 16.0. The number of nitrogens with zero attached hydrogens (tertiary/aromatic N) is 1. The van der Waals surface area contributed by atoms with Crippen molar-refractivity contribution in [2.24, 2.45) is 0 Å². The van der Waals surface area contributed by atoms with Gasteiger partial charge in [0.2, 0.25) is 5.91 Å². The van der Waals surface area contributed by atoms with Gasteiger partial charge in [0.25, 0.3) is 0 Å². The molecule has 1 rings (SSSR count).